The van der Waals surface area contributed by atoms with E-state index in [9.17, 15) is 4.39 Å². The Hall–Kier alpha value is -2.54. The molecule has 116 valence electrons. The Morgan fingerprint density at radius 1 is 1.26 bits per heavy atom. The van der Waals surface area contributed by atoms with E-state index in [1.807, 2.05) is 22.8 Å². The number of rotatable bonds is 6. The van der Waals surface area contributed by atoms with Crippen molar-refractivity contribution in [2.45, 2.75) is 17.5 Å². The molecule has 3 heterocycles. The fourth-order valence-corrected chi connectivity index (χ4v) is 2.93. The van der Waals surface area contributed by atoms with Gasteiger partial charge in [-0.15, -0.1) is 16.8 Å². The molecular weight excluding hydrogens is 313 g/mol. The van der Waals surface area contributed by atoms with E-state index < -0.39 is 0 Å². The summed E-state index contributed by atoms with van der Waals surface area (Å²) in [4.78, 5) is 8.16. The topological polar surface area (TPSA) is 56.5 Å². The molecule has 0 unspecified atom stereocenters. The first-order valence-electron chi connectivity index (χ1n) is 6.95. The number of hydrogen-bond donors (Lipinski definition) is 0. The van der Waals surface area contributed by atoms with Crippen LogP contribution in [-0.4, -0.2) is 24.7 Å². The molecule has 0 spiro atoms. The smallest absolute Gasteiger partial charge is 0.192 e. The lowest BCUT2D eigenvalue weighted by atomic mass is 10.3. The van der Waals surface area contributed by atoms with Gasteiger partial charge in [0.25, 0.3) is 0 Å². The van der Waals surface area contributed by atoms with Crippen molar-refractivity contribution in [2.24, 2.45) is 0 Å². The minimum atomic E-state index is -0.343. The van der Waals surface area contributed by atoms with Crippen molar-refractivity contribution in [1.82, 2.24) is 24.7 Å². The number of thioether (sulfide) groups is 1. The summed E-state index contributed by atoms with van der Waals surface area (Å²) >= 11 is 1.47. The Balaban J connectivity index is 1.85. The van der Waals surface area contributed by atoms with Crippen LogP contribution < -0.4 is 0 Å². The molecule has 0 atom stereocenters. The van der Waals surface area contributed by atoms with E-state index in [1.165, 1.54) is 24.0 Å². The fraction of sp³-hybridized carbons (Fsp3) is 0.125. The number of hydrogen-bond acceptors (Lipinski definition) is 5. The normalized spacial score (nSPS) is 10.7. The first kappa shape index (κ1) is 15.4. The second kappa shape index (κ2) is 7.15. The van der Waals surface area contributed by atoms with Crippen molar-refractivity contribution in [3.63, 3.8) is 0 Å². The molecule has 0 N–H and O–H groups in total. The van der Waals surface area contributed by atoms with Crippen molar-refractivity contribution in [3.05, 3.63) is 66.9 Å². The molecule has 0 aliphatic heterocycles. The van der Waals surface area contributed by atoms with Gasteiger partial charge in [0.1, 0.15) is 11.5 Å². The molecule has 0 fully saturated rings. The third-order valence-electron chi connectivity index (χ3n) is 3.05. The van der Waals surface area contributed by atoms with Gasteiger partial charge in [-0.2, -0.15) is 0 Å². The molecule has 3 aromatic heterocycles. The molecule has 5 nitrogen and oxygen atoms in total. The van der Waals surface area contributed by atoms with E-state index in [0.29, 0.717) is 18.1 Å². The lowest BCUT2D eigenvalue weighted by Gasteiger charge is -2.07. The molecule has 0 saturated heterocycles. The zero-order valence-corrected chi connectivity index (χ0v) is 13.1. The van der Waals surface area contributed by atoms with Gasteiger partial charge in [-0.25, -0.2) is 4.39 Å². The van der Waals surface area contributed by atoms with Gasteiger partial charge in [-0.05, 0) is 23.8 Å². The van der Waals surface area contributed by atoms with E-state index in [-0.39, 0.29) is 5.82 Å². The Kier molecular flexibility index (Phi) is 4.77. The zero-order valence-electron chi connectivity index (χ0n) is 12.3. The van der Waals surface area contributed by atoms with Crippen LogP contribution in [0.15, 0.2) is 60.7 Å². The maximum absolute atomic E-state index is 13.2. The van der Waals surface area contributed by atoms with Crippen LogP contribution in [0.5, 0.6) is 0 Å². The molecule has 23 heavy (non-hydrogen) atoms. The van der Waals surface area contributed by atoms with E-state index >= 15 is 0 Å². The molecule has 0 aliphatic rings. The summed E-state index contributed by atoms with van der Waals surface area (Å²) in [6, 6.07) is 7.10. The highest BCUT2D eigenvalue weighted by molar-refractivity contribution is 7.98. The third-order valence-corrected chi connectivity index (χ3v) is 4.09. The predicted molar refractivity (Wildman–Crippen MR) is 87.2 cm³/mol. The zero-order chi connectivity index (χ0) is 16.1. The Labute approximate surface area is 137 Å². The lowest BCUT2D eigenvalue weighted by Crippen LogP contribution is -2.01. The number of pyridine rings is 2. The molecule has 3 rings (SSSR count). The second-order valence-electron chi connectivity index (χ2n) is 4.72. The number of aromatic nitrogens is 5. The molecule has 3 aromatic rings. The van der Waals surface area contributed by atoms with E-state index in [4.69, 9.17) is 0 Å². The van der Waals surface area contributed by atoms with Crippen molar-refractivity contribution in [1.29, 1.82) is 0 Å². The van der Waals surface area contributed by atoms with E-state index in [0.717, 1.165) is 16.4 Å². The van der Waals surface area contributed by atoms with Crippen LogP contribution in [0, 0.1) is 5.82 Å². The Bertz CT molecular complexity index is 803. The maximum atomic E-state index is 13.2. The summed E-state index contributed by atoms with van der Waals surface area (Å²) in [5.74, 6) is 0.901. The first-order valence-corrected chi connectivity index (χ1v) is 7.94. The first-order chi connectivity index (χ1) is 11.3. The monoisotopic (exact) mass is 327 g/mol. The molecule has 0 amide bonds. The molecule has 0 aliphatic carbocycles. The van der Waals surface area contributed by atoms with Crippen LogP contribution in [0.25, 0.3) is 11.5 Å². The number of halogens is 1. The van der Waals surface area contributed by atoms with Crippen LogP contribution in [0.1, 0.15) is 5.56 Å². The fourth-order valence-electron chi connectivity index (χ4n) is 2.06. The average molecular weight is 327 g/mol. The van der Waals surface area contributed by atoms with Gasteiger partial charge in [0.2, 0.25) is 0 Å². The highest BCUT2D eigenvalue weighted by Gasteiger charge is 2.14. The van der Waals surface area contributed by atoms with Crippen molar-refractivity contribution < 1.29 is 4.39 Å². The molecule has 0 saturated carbocycles. The van der Waals surface area contributed by atoms with Crippen LogP contribution in [0.2, 0.25) is 0 Å². The highest BCUT2D eigenvalue weighted by Crippen LogP contribution is 2.25. The third kappa shape index (κ3) is 3.62. The van der Waals surface area contributed by atoms with Crippen LogP contribution in [0.3, 0.4) is 0 Å². The molecule has 0 aromatic carbocycles. The van der Waals surface area contributed by atoms with Crippen molar-refractivity contribution >= 4 is 11.8 Å². The van der Waals surface area contributed by atoms with E-state index in [2.05, 4.69) is 26.7 Å². The number of allylic oxidation sites excluding steroid dienone is 1. The largest absolute Gasteiger partial charge is 0.297 e. The predicted octanol–water partition coefficient (Wildman–Crippen LogP) is 3.35. The van der Waals surface area contributed by atoms with Crippen molar-refractivity contribution in [2.75, 3.05) is 0 Å². The Morgan fingerprint density at radius 3 is 2.91 bits per heavy atom. The van der Waals surface area contributed by atoms with Crippen LogP contribution in [0.4, 0.5) is 4.39 Å². The van der Waals surface area contributed by atoms with Crippen LogP contribution in [-0.2, 0) is 12.3 Å². The lowest BCUT2D eigenvalue weighted by molar-refractivity contribution is 0.619. The van der Waals surface area contributed by atoms with Crippen molar-refractivity contribution in [3.8, 4) is 11.5 Å². The van der Waals surface area contributed by atoms with Gasteiger partial charge in [-0.3, -0.25) is 14.5 Å². The second-order valence-corrected chi connectivity index (χ2v) is 5.66. The minimum absolute atomic E-state index is 0.343. The quantitative estimate of drug-likeness (QED) is 0.513. The summed E-state index contributed by atoms with van der Waals surface area (Å²) in [5, 5.41) is 9.18. The summed E-state index contributed by atoms with van der Waals surface area (Å²) in [5.41, 5.74) is 1.55. The standard InChI is InChI=1S/C16H14FN5S/c1-2-7-22-15(14-5-3-4-6-19-14)20-21-16(22)23-11-12-8-13(17)10-18-9-12/h2-6,8-10H,1,7,11H2. The van der Waals surface area contributed by atoms with Gasteiger partial charge >= 0.3 is 0 Å². The van der Waals surface area contributed by atoms with Gasteiger partial charge in [-0.1, -0.05) is 23.9 Å². The molecule has 7 heteroatoms. The minimum Gasteiger partial charge on any atom is -0.297 e. The molecule has 0 radical (unpaired) electrons. The van der Waals surface area contributed by atoms with Gasteiger partial charge < -0.3 is 0 Å². The van der Waals surface area contributed by atoms with Gasteiger partial charge in [0, 0.05) is 24.7 Å². The number of nitrogens with zero attached hydrogens (tertiary/aromatic N) is 5. The summed E-state index contributed by atoms with van der Waals surface area (Å²) in [6.45, 7) is 4.35. The summed E-state index contributed by atoms with van der Waals surface area (Å²) < 4.78 is 15.1. The highest BCUT2D eigenvalue weighted by atomic mass is 32.2. The Morgan fingerprint density at radius 2 is 2.17 bits per heavy atom. The van der Waals surface area contributed by atoms with Gasteiger partial charge in [0.15, 0.2) is 11.0 Å². The summed E-state index contributed by atoms with van der Waals surface area (Å²) in [7, 11) is 0. The maximum Gasteiger partial charge on any atom is 0.192 e. The SMILES string of the molecule is C=CCn1c(SCc2cncc(F)c2)nnc1-c1ccccn1. The van der Waals surface area contributed by atoms with Crippen LogP contribution >= 0.6 is 11.8 Å². The average Bonchev–Trinajstić information content (AvgIpc) is 2.97. The molecular formula is C16H14FN5S. The van der Waals surface area contributed by atoms with Gasteiger partial charge in [0.05, 0.1) is 6.20 Å². The van der Waals surface area contributed by atoms with E-state index in [1.54, 1.807) is 18.5 Å². The summed E-state index contributed by atoms with van der Waals surface area (Å²) in [6.07, 6.45) is 6.33. The molecule has 0 bridgehead atoms.